The van der Waals surface area contributed by atoms with Gasteiger partial charge in [0.2, 0.25) is 0 Å². The largest absolute Gasteiger partial charge is 0.464 e. The van der Waals surface area contributed by atoms with Crippen LogP contribution < -0.4 is 4.90 Å². The number of nitrogens with zero attached hydrogens (tertiary/aromatic N) is 2. The van der Waals surface area contributed by atoms with Gasteiger partial charge in [-0.2, -0.15) is 0 Å². The van der Waals surface area contributed by atoms with Gasteiger partial charge in [0.25, 0.3) is 11.1 Å². The van der Waals surface area contributed by atoms with E-state index in [1.54, 1.807) is 13.0 Å². The van der Waals surface area contributed by atoms with Gasteiger partial charge in [0.05, 0.1) is 24.7 Å². The molecule has 0 aromatic heterocycles. The Kier molecular flexibility index (Phi) is 6.18. The van der Waals surface area contributed by atoms with Crippen LogP contribution in [0.1, 0.15) is 19.4 Å². The molecule has 27 heavy (non-hydrogen) atoms. The number of carbonyl (C=O) groups is 3. The van der Waals surface area contributed by atoms with E-state index in [-0.39, 0.29) is 6.61 Å². The summed E-state index contributed by atoms with van der Waals surface area (Å²) in [4.78, 5) is 40.1. The Morgan fingerprint density at radius 1 is 1.26 bits per heavy atom. The average Bonchev–Trinajstić information content (AvgIpc) is 2.96. The Balaban J connectivity index is 1.72. The minimum absolute atomic E-state index is 0.199. The van der Waals surface area contributed by atoms with E-state index in [0.717, 1.165) is 41.0 Å². The van der Waals surface area contributed by atoms with Crippen LogP contribution in [-0.2, 0) is 19.1 Å². The number of carbonyl (C=O) groups excluding carboxylic acids is 3. The molecule has 1 aromatic carbocycles. The van der Waals surface area contributed by atoms with Crippen LogP contribution in [0.3, 0.4) is 0 Å². The Hall–Kier alpha value is -2.32. The van der Waals surface area contributed by atoms with Crippen molar-refractivity contribution < 1.29 is 23.9 Å². The van der Waals surface area contributed by atoms with Crippen LogP contribution in [0.5, 0.6) is 0 Å². The van der Waals surface area contributed by atoms with Gasteiger partial charge in [-0.15, -0.1) is 0 Å². The summed E-state index contributed by atoms with van der Waals surface area (Å²) in [6.07, 6.45) is 1.67. The molecule has 2 amide bonds. The topological polar surface area (TPSA) is 76.2 Å². The Labute approximate surface area is 162 Å². The molecule has 2 aliphatic rings. The van der Waals surface area contributed by atoms with Gasteiger partial charge in [0.15, 0.2) is 0 Å². The number of rotatable bonds is 5. The molecular formula is C19H22N2O5S. The quantitative estimate of drug-likeness (QED) is 0.565. The summed E-state index contributed by atoms with van der Waals surface area (Å²) >= 11 is 0.837. The first-order valence-electron chi connectivity index (χ1n) is 8.87. The molecule has 2 saturated heterocycles. The van der Waals surface area contributed by atoms with Crippen molar-refractivity contribution in [1.82, 2.24) is 4.90 Å². The van der Waals surface area contributed by atoms with E-state index in [1.165, 1.54) is 6.92 Å². The first-order valence-corrected chi connectivity index (χ1v) is 9.69. The SMILES string of the molecule is CCOC(=O)[C@@H](C)N1C(=O)S/C(=C/c2ccc(N3CCOCC3)cc2)C1=O. The van der Waals surface area contributed by atoms with E-state index in [9.17, 15) is 14.4 Å². The second kappa shape index (κ2) is 8.58. The number of imide groups is 1. The van der Waals surface area contributed by atoms with Crippen molar-refractivity contribution in [3.05, 3.63) is 34.7 Å². The highest BCUT2D eigenvalue weighted by molar-refractivity contribution is 8.18. The summed E-state index contributed by atoms with van der Waals surface area (Å²) in [7, 11) is 0. The summed E-state index contributed by atoms with van der Waals surface area (Å²) in [6.45, 7) is 6.51. The molecule has 0 N–H and O–H groups in total. The smallest absolute Gasteiger partial charge is 0.329 e. The number of benzene rings is 1. The third kappa shape index (κ3) is 4.33. The summed E-state index contributed by atoms with van der Waals surface area (Å²) < 4.78 is 10.3. The fraction of sp³-hybridized carbons (Fsp3) is 0.421. The fourth-order valence-electron chi connectivity index (χ4n) is 2.94. The number of anilines is 1. The monoisotopic (exact) mass is 390 g/mol. The van der Waals surface area contributed by atoms with Gasteiger partial charge in [-0.1, -0.05) is 12.1 Å². The van der Waals surface area contributed by atoms with Crippen LogP contribution in [0, 0.1) is 0 Å². The predicted octanol–water partition coefficient (Wildman–Crippen LogP) is 2.51. The predicted molar refractivity (Wildman–Crippen MR) is 103 cm³/mol. The van der Waals surface area contributed by atoms with Gasteiger partial charge in [0.1, 0.15) is 6.04 Å². The second-order valence-corrected chi connectivity index (χ2v) is 7.16. The van der Waals surface area contributed by atoms with Gasteiger partial charge in [-0.3, -0.25) is 14.5 Å². The minimum Gasteiger partial charge on any atom is -0.464 e. The van der Waals surface area contributed by atoms with Gasteiger partial charge in [-0.05, 0) is 49.4 Å². The van der Waals surface area contributed by atoms with Gasteiger partial charge in [-0.25, -0.2) is 4.79 Å². The van der Waals surface area contributed by atoms with Gasteiger partial charge < -0.3 is 14.4 Å². The molecule has 0 unspecified atom stereocenters. The van der Waals surface area contributed by atoms with Crippen molar-refractivity contribution >= 4 is 40.6 Å². The molecule has 0 saturated carbocycles. The van der Waals surface area contributed by atoms with Crippen LogP contribution in [-0.4, -0.2) is 61.0 Å². The zero-order valence-corrected chi connectivity index (χ0v) is 16.2. The Morgan fingerprint density at radius 3 is 2.56 bits per heavy atom. The van der Waals surface area contributed by atoms with Crippen molar-refractivity contribution in [2.24, 2.45) is 0 Å². The summed E-state index contributed by atoms with van der Waals surface area (Å²) in [5, 5.41) is -0.461. The zero-order chi connectivity index (χ0) is 19.4. The van der Waals surface area contributed by atoms with Crippen LogP contribution in [0.15, 0.2) is 29.2 Å². The molecule has 0 aliphatic carbocycles. The number of morpholine rings is 1. The average molecular weight is 390 g/mol. The highest BCUT2D eigenvalue weighted by Gasteiger charge is 2.41. The van der Waals surface area contributed by atoms with Crippen LogP contribution in [0.25, 0.3) is 6.08 Å². The maximum absolute atomic E-state index is 12.6. The van der Waals surface area contributed by atoms with E-state index in [0.29, 0.717) is 18.1 Å². The van der Waals surface area contributed by atoms with E-state index >= 15 is 0 Å². The van der Waals surface area contributed by atoms with Crippen molar-refractivity contribution in [3.63, 3.8) is 0 Å². The molecule has 3 rings (SSSR count). The van der Waals surface area contributed by atoms with Crippen molar-refractivity contribution in [2.75, 3.05) is 37.8 Å². The Bertz CT molecular complexity index is 756. The molecule has 2 heterocycles. The molecule has 0 bridgehead atoms. The third-order valence-electron chi connectivity index (χ3n) is 4.41. The normalized spacial score (nSPS) is 20.3. The van der Waals surface area contributed by atoms with E-state index in [1.807, 2.05) is 24.3 Å². The van der Waals surface area contributed by atoms with Crippen molar-refractivity contribution in [3.8, 4) is 0 Å². The molecule has 0 radical (unpaired) electrons. The number of esters is 1. The lowest BCUT2D eigenvalue weighted by atomic mass is 10.1. The van der Waals surface area contributed by atoms with E-state index in [2.05, 4.69) is 4.90 Å². The number of ether oxygens (including phenoxy) is 2. The highest BCUT2D eigenvalue weighted by Crippen LogP contribution is 2.34. The molecule has 0 spiro atoms. The molecular weight excluding hydrogens is 368 g/mol. The second-order valence-electron chi connectivity index (χ2n) is 6.17. The molecule has 1 aromatic rings. The first-order chi connectivity index (χ1) is 13.0. The number of hydrogen-bond donors (Lipinski definition) is 0. The minimum atomic E-state index is -0.938. The summed E-state index contributed by atoms with van der Waals surface area (Å²) in [5.74, 6) is -1.06. The van der Waals surface area contributed by atoms with Gasteiger partial charge in [0, 0.05) is 18.8 Å². The lowest BCUT2D eigenvalue weighted by Gasteiger charge is -2.28. The van der Waals surface area contributed by atoms with E-state index in [4.69, 9.17) is 9.47 Å². The molecule has 7 nitrogen and oxygen atoms in total. The van der Waals surface area contributed by atoms with Crippen LogP contribution in [0.2, 0.25) is 0 Å². The fourth-order valence-corrected chi connectivity index (χ4v) is 3.84. The standard InChI is InChI=1S/C19H22N2O5S/c1-3-26-18(23)13(2)21-17(22)16(27-19(21)24)12-14-4-6-15(7-5-14)20-8-10-25-11-9-20/h4-7,12-13H,3,8-11H2,1-2H3/b16-12+/t13-/m1/s1. The Morgan fingerprint density at radius 2 is 1.93 bits per heavy atom. The zero-order valence-electron chi connectivity index (χ0n) is 15.3. The number of hydrogen-bond acceptors (Lipinski definition) is 7. The lowest BCUT2D eigenvalue weighted by molar-refractivity contribution is -0.150. The first kappa shape index (κ1) is 19.4. The van der Waals surface area contributed by atoms with E-state index < -0.39 is 23.2 Å². The lowest BCUT2D eigenvalue weighted by Crippen LogP contribution is -2.42. The molecule has 144 valence electrons. The number of amides is 2. The van der Waals surface area contributed by atoms with Gasteiger partial charge >= 0.3 is 5.97 Å². The summed E-state index contributed by atoms with van der Waals surface area (Å²) in [6, 6.07) is 6.86. The van der Waals surface area contributed by atoms with Crippen LogP contribution >= 0.6 is 11.8 Å². The number of thioether (sulfide) groups is 1. The highest BCUT2D eigenvalue weighted by atomic mass is 32.2. The maximum atomic E-state index is 12.6. The van der Waals surface area contributed by atoms with Crippen LogP contribution in [0.4, 0.5) is 10.5 Å². The van der Waals surface area contributed by atoms with Crippen molar-refractivity contribution in [1.29, 1.82) is 0 Å². The molecule has 8 heteroatoms. The summed E-state index contributed by atoms with van der Waals surface area (Å²) in [5.41, 5.74) is 1.92. The molecule has 1 atom stereocenters. The molecule has 2 fully saturated rings. The maximum Gasteiger partial charge on any atom is 0.329 e. The third-order valence-corrected chi connectivity index (χ3v) is 5.29. The molecule has 2 aliphatic heterocycles. The van der Waals surface area contributed by atoms with Crippen molar-refractivity contribution in [2.45, 2.75) is 19.9 Å².